The van der Waals surface area contributed by atoms with Crippen LogP contribution in [0, 0.1) is 0 Å². The molecule has 0 aromatic carbocycles. The minimum Gasteiger partial charge on any atom is -0.462 e. The number of allylic oxidation sites excluding steroid dienone is 12. The van der Waals surface area contributed by atoms with E-state index in [-0.39, 0.29) is 38.6 Å². The van der Waals surface area contributed by atoms with E-state index in [4.69, 9.17) is 24.3 Å². The largest absolute Gasteiger partial charge is 0.472 e. The highest BCUT2D eigenvalue weighted by Gasteiger charge is 2.26. The summed E-state index contributed by atoms with van der Waals surface area (Å²) >= 11 is 0. The molecule has 0 rings (SSSR count). The fourth-order valence-electron chi connectivity index (χ4n) is 11.1. The second kappa shape index (κ2) is 72.5. The van der Waals surface area contributed by atoms with E-state index in [0.717, 1.165) is 64.2 Å². The number of phosphoric acid groups is 1. The van der Waals surface area contributed by atoms with Crippen LogP contribution in [0.4, 0.5) is 0 Å². The molecule has 3 N–H and O–H groups in total. The first kappa shape index (κ1) is 84.5. The summed E-state index contributed by atoms with van der Waals surface area (Å²) in [5.41, 5.74) is 5.41. The minimum absolute atomic E-state index is 0.0544. The maximum absolute atomic E-state index is 12.8. The van der Waals surface area contributed by atoms with E-state index in [0.29, 0.717) is 6.42 Å². The number of nitrogens with two attached hydrogens (primary N) is 1. The molecule has 2 atom stereocenters. The SMILES string of the molecule is CC/C=C\C/C=C\C/C=C\C/C=C\CCCCCCCCCCCCCCCCCCCCCCC(=O)OC(COC(=O)CCCCCCCCCCCCCCCCCCCCCCC/C=C\C/C=C\CCCCCCC)COP(=O)(O)OCCN. The average Bonchev–Trinajstić information content (AvgIpc) is 3.64. The van der Waals surface area contributed by atoms with E-state index in [1.165, 1.54) is 276 Å². The van der Waals surface area contributed by atoms with Gasteiger partial charge in [0.05, 0.1) is 13.2 Å². The normalized spacial score (nSPS) is 13.3. The van der Waals surface area contributed by atoms with Gasteiger partial charge in [0.15, 0.2) is 6.10 Å². The van der Waals surface area contributed by atoms with Gasteiger partial charge in [-0.05, 0) is 83.5 Å². The predicted molar refractivity (Wildman–Crippen MR) is 376 cm³/mol. The molecule has 0 bridgehead atoms. The summed E-state index contributed by atoms with van der Waals surface area (Å²) in [6.07, 6.45) is 95.9. The van der Waals surface area contributed by atoms with Crippen LogP contribution in [0.5, 0.6) is 0 Å². The van der Waals surface area contributed by atoms with E-state index in [9.17, 15) is 19.0 Å². The molecule has 0 fully saturated rings. The standard InChI is InChI=1S/C77H142NO8P/c1-3-5-7-9-11-13-15-17-19-21-23-25-27-29-31-33-35-37-39-41-43-45-47-49-51-53-55-57-59-61-63-65-67-69-76(79)83-73-75(74-85-87(81,82)84-72-71-78)86-77(80)70-68-66-64-62-60-58-56-54-52-50-48-46-44-42-40-38-36-34-32-30-28-26-24-22-20-18-16-14-12-10-8-6-4-2/h6,8,12,14-15,17-18,20-21,23-24,26,75H,3-5,7,9-11,13,16,19,22,25,27-74,78H2,1-2H3,(H,81,82)/b8-6-,14-12-,17-15-,20-18-,23-21-,26-24-. The molecular formula is C77H142NO8P. The molecule has 0 heterocycles. The average molecular weight is 1240 g/mol. The van der Waals surface area contributed by atoms with Gasteiger partial charge >= 0.3 is 19.8 Å². The Morgan fingerprint density at radius 3 is 0.943 bits per heavy atom. The van der Waals surface area contributed by atoms with Gasteiger partial charge in [-0.1, -0.05) is 350 Å². The summed E-state index contributed by atoms with van der Waals surface area (Å²) in [4.78, 5) is 35.4. The van der Waals surface area contributed by atoms with Gasteiger partial charge in [-0.15, -0.1) is 0 Å². The van der Waals surface area contributed by atoms with Crippen LogP contribution in [0.3, 0.4) is 0 Å². The quantitative estimate of drug-likeness (QED) is 0.0264. The molecule has 0 spiro atoms. The van der Waals surface area contributed by atoms with Crippen LogP contribution < -0.4 is 5.73 Å². The fourth-order valence-corrected chi connectivity index (χ4v) is 11.8. The number of carbonyl (C=O) groups is 2. The molecule has 0 aromatic rings. The zero-order chi connectivity index (χ0) is 63.0. The summed E-state index contributed by atoms with van der Waals surface area (Å²) < 4.78 is 33.2. The molecule has 0 aliphatic rings. The lowest BCUT2D eigenvalue weighted by Gasteiger charge is -2.19. The van der Waals surface area contributed by atoms with Crippen molar-refractivity contribution < 1.29 is 37.6 Å². The van der Waals surface area contributed by atoms with Crippen molar-refractivity contribution in [3.63, 3.8) is 0 Å². The van der Waals surface area contributed by atoms with Crippen molar-refractivity contribution >= 4 is 19.8 Å². The highest BCUT2D eigenvalue weighted by molar-refractivity contribution is 7.47. The zero-order valence-corrected chi connectivity index (χ0v) is 58.2. The molecule has 87 heavy (non-hydrogen) atoms. The third-order valence-electron chi connectivity index (χ3n) is 16.6. The Labute approximate surface area is 539 Å². The summed E-state index contributed by atoms with van der Waals surface area (Å²) in [7, 11) is -4.39. The molecule has 508 valence electrons. The number of unbranched alkanes of at least 4 members (excludes halogenated alkanes) is 46. The van der Waals surface area contributed by atoms with Crippen molar-refractivity contribution in [3.05, 3.63) is 72.9 Å². The van der Waals surface area contributed by atoms with Crippen molar-refractivity contribution in [1.29, 1.82) is 0 Å². The van der Waals surface area contributed by atoms with Crippen molar-refractivity contribution in [2.45, 2.75) is 380 Å². The van der Waals surface area contributed by atoms with Crippen molar-refractivity contribution in [3.8, 4) is 0 Å². The van der Waals surface area contributed by atoms with Gasteiger partial charge in [-0.25, -0.2) is 4.57 Å². The maximum Gasteiger partial charge on any atom is 0.472 e. The van der Waals surface area contributed by atoms with E-state index in [2.05, 4.69) is 86.8 Å². The van der Waals surface area contributed by atoms with Gasteiger partial charge < -0.3 is 20.1 Å². The summed E-state index contributed by atoms with van der Waals surface area (Å²) in [5.74, 6) is -0.807. The lowest BCUT2D eigenvalue weighted by Crippen LogP contribution is -2.29. The molecule has 0 aromatic heterocycles. The first-order valence-electron chi connectivity index (χ1n) is 37.4. The molecule has 0 radical (unpaired) electrons. The van der Waals surface area contributed by atoms with E-state index in [1.54, 1.807) is 0 Å². The third kappa shape index (κ3) is 72.4. The summed E-state index contributed by atoms with van der Waals surface area (Å²) in [6.45, 7) is 3.68. The number of hydrogen-bond acceptors (Lipinski definition) is 8. The highest BCUT2D eigenvalue weighted by atomic mass is 31.2. The molecule has 0 aliphatic carbocycles. The number of rotatable bonds is 71. The van der Waals surface area contributed by atoms with E-state index < -0.39 is 26.5 Å². The Morgan fingerprint density at radius 1 is 0.356 bits per heavy atom. The molecule has 9 nitrogen and oxygen atoms in total. The van der Waals surface area contributed by atoms with Gasteiger partial charge in [0, 0.05) is 19.4 Å². The van der Waals surface area contributed by atoms with Crippen LogP contribution in [-0.4, -0.2) is 49.3 Å². The lowest BCUT2D eigenvalue weighted by atomic mass is 10.0. The van der Waals surface area contributed by atoms with Gasteiger partial charge in [0.1, 0.15) is 6.61 Å². The summed E-state index contributed by atoms with van der Waals surface area (Å²) in [6, 6.07) is 0. The monoisotopic (exact) mass is 1240 g/mol. The second-order valence-electron chi connectivity index (χ2n) is 25.1. The van der Waals surface area contributed by atoms with Crippen molar-refractivity contribution in [1.82, 2.24) is 0 Å². The Morgan fingerprint density at radius 2 is 0.632 bits per heavy atom. The number of phosphoric ester groups is 1. The predicted octanol–water partition coefficient (Wildman–Crippen LogP) is 24.8. The van der Waals surface area contributed by atoms with Gasteiger partial charge in [-0.2, -0.15) is 0 Å². The van der Waals surface area contributed by atoms with Crippen LogP contribution in [0.25, 0.3) is 0 Å². The molecule has 0 amide bonds. The van der Waals surface area contributed by atoms with Crippen LogP contribution in [0.15, 0.2) is 72.9 Å². The Hall–Kier alpha value is -2.55. The fraction of sp³-hybridized carbons (Fsp3) is 0.818. The number of ether oxygens (including phenoxy) is 2. The molecular weight excluding hydrogens is 1100 g/mol. The van der Waals surface area contributed by atoms with Crippen molar-refractivity contribution in [2.75, 3.05) is 26.4 Å². The second-order valence-corrected chi connectivity index (χ2v) is 26.6. The Bertz CT molecular complexity index is 1660. The van der Waals surface area contributed by atoms with Crippen LogP contribution in [0.1, 0.15) is 373 Å². The highest BCUT2D eigenvalue weighted by Crippen LogP contribution is 2.43. The Kier molecular flexibility index (Phi) is 70.4. The molecule has 0 aliphatic heterocycles. The number of carbonyl (C=O) groups excluding carboxylic acids is 2. The van der Waals surface area contributed by atoms with Crippen LogP contribution >= 0.6 is 7.82 Å². The minimum atomic E-state index is -4.39. The first-order valence-corrected chi connectivity index (χ1v) is 38.9. The third-order valence-corrected chi connectivity index (χ3v) is 17.6. The smallest absolute Gasteiger partial charge is 0.462 e. The maximum atomic E-state index is 12.8. The summed E-state index contributed by atoms with van der Waals surface area (Å²) in [5, 5.41) is 0. The molecule has 2 unspecified atom stereocenters. The molecule has 10 heteroatoms. The Balaban J connectivity index is 3.80. The number of esters is 2. The lowest BCUT2D eigenvalue weighted by molar-refractivity contribution is -0.161. The van der Waals surface area contributed by atoms with E-state index >= 15 is 0 Å². The van der Waals surface area contributed by atoms with Gasteiger partial charge in [0.25, 0.3) is 0 Å². The first-order chi connectivity index (χ1) is 42.8. The van der Waals surface area contributed by atoms with Gasteiger partial charge in [-0.3, -0.25) is 18.6 Å². The molecule has 0 saturated carbocycles. The van der Waals surface area contributed by atoms with Crippen LogP contribution in [0.2, 0.25) is 0 Å². The number of hydrogen-bond donors (Lipinski definition) is 2. The van der Waals surface area contributed by atoms with Crippen molar-refractivity contribution in [2.24, 2.45) is 5.73 Å². The molecule has 0 saturated heterocycles. The van der Waals surface area contributed by atoms with Gasteiger partial charge in [0.2, 0.25) is 0 Å². The zero-order valence-electron chi connectivity index (χ0n) is 57.3. The van der Waals surface area contributed by atoms with E-state index in [1.807, 2.05) is 0 Å². The van der Waals surface area contributed by atoms with Crippen LogP contribution in [-0.2, 0) is 32.7 Å². The topological polar surface area (TPSA) is 134 Å².